The van der Waals surface area contributed by atoms with E-state index in [9.17, 15) is 8.78 Å². The van der Waals surface area contributed by atoms with Crippen LogP contribution in [0.3, 0.4) is 0 Å². The Morgan fingerprint density at radius 2 is 1.18 bits per heavy atom. The molecule has 1 nitrogen and oxygen atoms in total. The maximum atomic E-state index is 14.3. The van der Waals surface area contributed by atoms with Gasteiger partial charge in [0.1, 0.15) is 11.6 Å². The van der Waals surface area contributed by atoms with Gasteiger partial charge in [-0.25, -0.2) is 8.78 Å². The SMILES string of the molecule is Fc1ccc(-n2c3ccc(F)cc3c3cc(-c4ccc5c(c4)-c4ccccc4C5)ccc32)cc1. The molecule has 162 valence electrons. The molecular weight excluding hydrogens is 424 g/mol. The normalized spacial score (nSPS) is 12.3. The van der Waals surface area contributed by atoms with Crippen molar-refractivity contribution in [1.29, 1.82) is 0 Å². The molecule has 0 amide bonds. The summed E-state index contributed by atoms with van der Waals surface area (Å²) in [7, 11) is 0. The standard InChI is InChI=1S/C31H19F2N/c32-23-8-11-25(12-9-23)34-30-13-7-20(17-28(30)29-18-24(33)10-14-31(29)34)19-5-6-22-15-21-3-1-2-4-26(21)27(22)16-19/h1-14,16-18H,15H2. The smallest absolute Gasteiger partial charge is 0.123 e. The fourth-order valence-electron chi connectivity index (χ4n) is 5.35. The Bertz CT molecular complexity index is 1740. The largest absolute Gasteiger partial charge is 0.309 e. The Labute approximate surface area is 195 Å². The van der Waals surface area contributed by atoms with E-state index in [0.717, 1.165) is 45.0 Å². The summed E-state index contributed by atoms with van der Waals surface area (Å²) in [4.78, 5) is 0. The first-order valence-corrected chi connectivity index (χ1v) is 11.4. The molecule has 6 aromatic rings. The lowest BCUT2D eigenvalue weighted by atomic mass is 9.97. The third kappa shape index (κ3) is 2.83. The minimum atomic E-state index is -0.281. The van der Waals surface area contributed by atoms with Gasteiger partial charge in [0, 0.05) is 16.5 Å². The second kappa shape index (κ2) is 7.13. The summed E-state index contributed by atoms with van der Waals surface area (Å²) < 4.78 is 29.9. The lowest BCUT2D eigenvalue weighted by Crippen LogP contribution is -1.94. The molecule has 0 radical (unpaired) electrons. The summed E-state index contributed by atoms with van der Waals surface area (Å²) in [6, 6.07) is 32.8. The lowest BCUT2D eigenvalue weighted by Gasteiger charge is -2.09. The number of hydrogen-bond acceptors (Lipinski definition) is 0. The van der Waals surface area contributed by atoms with Gasteiger partial charge in [-0.15, -0.1) is 0 Å². The Kier molecular flexibility index (Phi) is 4.04. The summed E-state index contributed by atoms with van der Waals surface area (Å²) in [6.45, 7) is 0. The summed E-state index contributed by atoms with van der Waals surface area (Å²) in [6.07, 6.45) is 0.968. The van der Waals surface area contributed by atoms with Crippen molar-refractivity contribution in [3.05, 3.63) is 126 Å². The molecule has 0 bridgehead atoms. The Morgan fingerprint density at radius 1 is 0.529 bits per heavy atom. The van der Waals surface area contributed by atoms with E-state index in [1.165, 1.54) is 40.5 Å². The van der Waals surface area contributed by atoms with Gasteiger partial charge in [-0.2, -0.15) is 0 Å². The molecule has 3 heteroatoms. The van der Waals surface area contributed by atoms with E-state index in [1.54, 1.807) is 24.3 Å². The Balaban J connectivity index is 1.45. The highest BCUT2D eigenvalue weighted by Crippen LogP contribution is 2.40. The van der Waals surface area contributed by atoms with Gasteiger partial charge < -0.3 is 4.57 Å². The fraction of sp³-hybridized carbons (Fsp3) is 0.0323. The van der Waals surface area contributed by atoms with Crippen LogP contribution in [-0.4, -0.2) is 4.57 Å². The van der Waals surface area contributed by atoms with Crippen LogP contribution >= 0.6 is 0 Å². The number of hydrogen-bond donors (Lipinski definition) is 0. The monoisotopic (exact) mass is 443 g/mol. The Hall–Kier alpha value is -4.24. The van der Waals surface area contributed by atoms with Crippen molar-refractivity contribution in [2.45, 2.75) is 6.42 Å². The average Bonchev–Trinajstić information content (AvgIpc) is 3.39. The van der Waals surface area contributed by atoms with Gasteiger partial charge in [0.15, 0.2) is 0 Å². The van der Waals surface area contributed by atoms with Crippen molar-refractivity contribution >= 4 is 21.8 Å². The average molecular weight is 443 g/mol. The van der Waals surface area contributed by atoms with Crippen molar-refractivity contribution in [1.82, 2.24) is 4.57 Å². The maximum absolute atomic E-state index is 14.3. The number of nitrogens with zero attached hydrogens (tertiary/aromatic N) is 1. The molecule has 7 rings (SSSR count). The highest BCUT2D eigenvalue weighted by atomic mass is 19.1. The summed E-state index contributed by atoms with van der Waals surface area (Å²) in [5.74, 6) is -0.554. The molecule has 34 heavy (non-hydrogen) atoms. The van der Waals surface area contributed by atoms with E-state index in [2.05, 4.69) is 65.2 Å². The second-order valence-corrected chi connectivity index (χ2v) is 8.91. The van der Waals surface area contributed by atoms with Gasteiger partial charge in [0.2, 0.25) is 0 Å². The molecule has 0 fully saturated rings. The zero-order chi connectivity index (χ0) is 22.8. The molecule has 0 unspecified atom stereocenters. The van der Waals surface area contributed by atoms with Crippen LogP contribution in [0.4, 0.5) is 8.78 Å². The van der Waals surface area contributed by atoms with Crippen LogP contribution in [0.1, 0.15) is 11.1 Å². The van der Waals surface area contributed by atoms with Crippen LogP contribution in [0, 0.1) is 11.6 Å². The number of rotatable bonds is 2. The van der Waals surface area contributed by atoms with Crippen molar-refractivity contribution in [2.24, 2.45) is 0 Å². The van der Waals surface area contributed by atoms with Crippen LogP contribution in [0.5, 0.6) is 0 Å². The molecule has 1 aliphatic carbocycles. The molecule has 0 saturated heterocycles. The van der Waals surface area contributed by atoms with Gasteiger partial charge >= 0.3 is 0 Å². The zero-order valence-corrected chi connectivity index (χ0v) is 18.2. The van der Waals surface area contributed by atoms with Crippen molar-refractivity contribution in [2.75, 3.05) is 0 Å². The molecule has 1 heterocycles. The van der Waals surface area contributed by atoms with E-state index in [1.807, 2.05) is 0 Å². The van der Waals surface area contributed by atoms with Crippen LogP contribution in [-0.2, 0) is 6.42 Å². The fourth-order valence-corrected chi connectivity index (χ4v) is 5.35. The first kappa shape index (κ1) is 19.2. The van der Waals surface area contributed by atoms with Crippen LogP contribution in [0.15, 0.2) is 103 Å². The van der Waals surface area contributed by atoms with E-state index in [-0.39, 0.29) is 11.6 Å². The van der Waals surface area contributed by atoms with Crippen LogP contribution in [0.2, 0.25) is 0 Å². The van der Waals surface area contributed by atoms with E-state index in [4.69, 9.17) is 0 Å². The van der Waals surface area contributed by atoms with E-state index in [0.29, 0.717) is 0 Å². The van der Waals surface area contributed by atoms with Crippen LogP contribution < -0.4 is 0 Å². The highest BCUT2D eigenvalue weighted by Gasteiger charge is 2.19. The van der Waals surface area contributed by atoms with Crippen molar-refractivity contribution in [3.63, 3.8) is 0 Å². The molecule has 0 aliphatic heterocycles. The van der Waals surface area contributed by atoms with Gasteiger partial charge in [-0.3, -0.25) is 0 Å². The number of benzene rings is 5. The summed E-state index contributed by atoms with van der Waals surface area (Å²) >= 11 is 0. The summed E-state index contributed by atoms with van der Waals surface area (Å²) in [5.41, 5.74) is 10.2. The second-order valence-electron chi connectivity index (χ2n) is 8.91. The molecular formula is C31H19F2N. The van der Waals surface area contributed by atoms with Crippen LogP contribution in [0.25, 0.3) is 49.7 Å². The quantitative estimate of drug-likeness (QED) is 0.253. The van der Waals surface area contributed by atoms with Gasteiger partial charge in [0.05, 0.1) is 11.0 Å². The third-order valence-corrected chi connectivity index (χ3v) is 6.94. The minimum absolute atomic E-state index is 0.273. The molecule has 0 saturated carbocycles. The predicted molar refractivity (Wildman–Crippen MR) is 134 cm³/mol. The molecule has 0 N–H and O–H groups in total. The molecule has 0 atom stereocenters. The third-order valence-electron chi connectivity index (χ3n) is 6.94. The minimum Gasteiger partial charge on any atom is -0.309 e. The summed E-state index contributed by atoms with van der Waals surface area (Å²) in [5, 5.41) is 1.81. The maximum Gasteiger partial charge on any atom is 0.123 e. The number of aromatic nitrogens is 1. The molecule has 1 aliphatic rings. The highest BCUT2D eigenvalue weighted by molar-refractivity contribution is 6.10. The first-order valence-electron chi connectivity index (χ1n) is 11.4. The first-order chi connectivity index (χ1) is 16.7. The Morgan fingerprint density at radius 3 is 2.03 bits per heavy atom. The zero-order valence-electron chi connectivity index (χ0n) is 18.2. The van der Waals surface area contributed by atoms with Crippen molar-refractivity contribution in [3.8, 4) is 27.9 Å². The topological polar surface area (TPSA) is 4.93 Å². The van der Waals surface area contributed by atoms with Crippen molar-refractivity contribution < 1.29 is 8.78 Å². The number of halogens is 2. The molecule has 5 aromatic carbocycles. The number of fused-ring (bicyclic) bond motifs is 6. The predicted octanol–water partition coefficient (Wildman–Crippen LogP) is 8.30. The van der Waals surface area contributed by atoms with Gasteiger partial charge in [-0.05, 0) is 100 Å². The van der Waals surface area contributed by atoms with E-state index < -0.39 is 0 Å². The van der Waals surface area contributed by atoms with E-state index >= 15 is 0 Å². The molecule has 0 spiro atoms. The lowest BCUT2D eigenvalue weighted by molar-refractivity contribution is 0.627. The van der Waals surface area contributed by atoms with Gasteiger partial charge in [0.25, 0.3) is 0 Å². The van der Waals surface area contributed by atoms with Gasteiger partial charge in [-0.1, -0.05) is 42.5 Å². The molecule has 1 aromatic heterocycles.